The van der Waals surface area contributed by atoms with Crippen LogP contribution in [0.15, 0.2) is 58.4 Å². The second kappa shape index (κ2) is 9.14. The number of nitrogens with two attached hydrogens (primary N) is 1. The van der Waals surface area contributed by atoms with Crippen LogP contribution in [0.25, 0.3) is 5.69 Å². The SMILES string of the molecule is CCOc1cc(-n2ccnc2C)ccc1C1C(C#N)=C(N)OC(C)=C1C(=NC(C)C)C1CC1. The minimum atomic E-state index is -0.402. The van der Waals surface area contributed by atoms with E-state index in [2.05, 4.69) is 24.9 Å². The number of hydrogen-bond donors (Lipinski definition) is 1. The van der Waals surface area contributed by atoms with Crippen molar-refractivity contribution < 1.29 is 9.47 Å². The van der Waals surface area contributed by atoms with Crippen molar-refractivity contribution >= 4 is 5.71 Å². The summed E-state index contributed by atoms with van der Waals surface area (Å²) >= 11 is 0. The summed E-state index contributed by atoms with van der Waals surface area (Å²) in [4.78, 5) is 9.31. The molecule has 0 amide bonds. The molecule has 0 spiro atoms. The van der Waals surface area contributed by atoms with E-state index in [-0.39, 0.29) is 11.9 Å². The van der Waals surface area contributed by atoms with Crippen LogP contribution in [-0.2, 0) is 4.74 Å². The van der Waals surface area contributed by atoms with Gasteiger partial charge in [0.1, 0.15) is 29.0 Å². The van der Waals surface area contributed by atoms with E-state index in [0.717, 1.165) is 41.2 Å². The number of nitriles is 1. The largest absolute Gasteiger partial charge is 0.493 e. The molecule has 1 aliphatic heterocycles. The van der Waals surface area contributed by atoms with Gasteiger partial charge >= 0.3 is 0 Å². The first-order valence-corrected chi connectivity index (χ1v) is 11.5. The van der Waals surface area contributed by atoms with Crippen molar-refractivity contribution in [2.45, 2.75) is 59.4 Å². The molecule has 4 rings (SSSR count). The van der Waals surface area contributed by atoms with E-state index in [9.17, 15) is 5.26 Å². The van der Waals surface area contributed by atoms with Crippen molar-refractivity contribution in [1.82, 2.24) is 9.55 Å². The molecule has 1 unspecified atom stereocenters. The molecule has 1 fully saturated rings. The highest BCUT2D eigenvalue weighted by atomic mass is 16.5. The predicted molar refractivity (Wildman–Crippen MR) is 128 cm³/mol. The molecule has 7 nitrogen and oxygen atoms in total. The van der Waals surface area contributed by atoms with Crippen LogP contribution in [0.5, 0.6) is 5.75 Å². The monoisotopic (exact) mass is 445 g/mol. The van der Waals surface area contributed by atoms with E-state index in [1.807, 2.05) is 49.7 Å². The van der Waals surface area contributed by atoms with Gasteiger partial charge in [0.15, 0.2) is 0 Å². The highest BCUT2D eigenvalue weighted by Gasteiger charge is 2.40. The highest BCUT2D eigenvalue weighted by Crippen LogP contribution is 2.47. The van der Waals surface area contributed by atoms with Crippen molar-refractivity contribution in [3.05, 3.63) is 64.8 Å². The van der Waals surface area contributed by atoms with Crippen LogP contribution in [0.3, 0.4) is 0 Å². The third-order valence-corrected chi connectivity index (χ3v) is 5.95. The highest BCUT2D eigenvalue weighted by molar-refractivity contribution is 6.06. The summed E-state index contributed by atoms with van der Waals surface area (Å²) < 4.78 is 14.0. The molecule has 0 saturated heterocycles. The predicted octanol–water partition coefficient (Wildman–Crippen LogP) is 4.92. The van der Waals surface area contributed by atoms with E-state index in [1.165, 1.54) is 0 Å². The van der Waals surface area contributed by atoms with E-state index in [4.69, 9.17) is 20.2 Å². The molecular weight excluding hydrogens is 414 g/mol. The minimum absolute atomic E-state index is 0.133. The zero-order valence-corrected chi connectivity index (χ0v) is 19.9. The fourth-order valence-electron chi connectivity index (χ4n) is 4.40. The fourth-order valence-corrected chi connectivity index (χ4v) is 4.40. The number of rotatable bonds is 7. The number of aryl methyl sites for hydroxylation is 1. The van der Waals surface area contributed by atoms with Gasteiger partial charge in [0.25, 0.3) is 0 Å². The lowest BCUT2D eigenvalue weighted by atomic mass is 9.79. The Kier molecular flexibility index (Phi) is 6.28. The van der Waals surface area contributed by atoms with Gasteiger partial charge in [-0.25, -0.2) is 4.98 Å². The van der Waals surface area contributed by atoms with Crippen LogP contribution in [0, 0.1) is 24.2 Å². The fraction of sp³-hybridized carbons (Fsp3) is 0.423. The Balaban J connectivity index is 1.91. The Labute approximate surface area is 195 Å². The normalized spacial score (nSPS) is 19.1. The zero-order chi connectivity index (χ0) is 23.7. The number of nitrogens with zero attached hydrogens (tertiary/aromatic N) is 4. The van der Waals surface area contributed by atoms with Crippen LogP contribution in [0.1, 0.15) is 57.8 Å². The van der Waals surface area contributed by atoms with Gasteiger partial charge in [0.05, 0.1) is 18.2 Å². The molecule has 0 bridgehead atoms. The summed E-state index contributed by atoms with van der Waals surface area (Å²) in [6.07, 6.45) is 5.87. The Morgan fingerprint density at radius 3 is 2.70 bits per heavy atom. The summed E-state index contributed by atoms with van der Waals surface area (Å²) in [5, 5.41) is 10.1. The number of aromatic nitrogens is 2. The average molecular weight is 446 g/mol. The molecule has 1 aromatic heterocycles. The van der Waals surface area contributed by atoms with E-state index >= 15 is 0 Å². The smallest absolute Gasteiger partial charge is 0.205 e. The Morgan fingerprint density at radius 2 is 2.12 bits per heavy atom. The molecule has 0 radical (unpaired) electrons. The number of allylic oxidation sites excluding steroid dienone is 3. The molecule has 2 aromatic rings. The van der Waals surface area contributed by atoms with Gasteiger partial charge in [-0.2, -0.15) is 5.26 Å². The van der Waals surface area contributed by atoms with Gasteiger partial charge in [0.2, 0.25) is 5.88 Å². The van der Waals surface area contributed by atoms with Crippen molar-refractivity contribution in [2.24, 2.45) is 16.6 Å². The van der Waals surface area contributed by atoms with Crippen molar-refractivity contribution in [3.63, 3.8) is 0 Å². The lowest BCUT2D eigenvalue weighted by Crippen LogP contribution is -2.26. The second-order valence-electron chi connectivity index (χ2n) is 8.78. The molecule has 2 N–H and O–H groups in total. The number of benzene rings is 1. The third-order valence-electron chi connectivity index (χ3n) is 5.95. The second-order valence-corrected chi connectivity index (χ2v) is 8.78. The van der Waals surface area contributed by atoms with Crippen LogP contribution in [0.2, 0.25) is 0 Å². The number of ether oxygens (including phenoxy) is 2. The lowest BCUT2D eigenvalue weighted by molar-refractivity contribution is 0.282. The average Bonchev–Trinajstić information content (AvgIpc) is 3.52. The molecule has 1 atom stereocenters. The van der Waals surface area contributed by atoms with Gasteiger partial charge in [0, 0.05) is 47.3 Å². The summed E-state index contributed by atoms with van der Waals surface area (Å²) in [6, 6.07) is 8.49. The standard InChI is InChI=1S/C26H31N5O2/c1-6-32-22-13-19(31-12-11-29-17(31)5)9-10-20(22)24-21(14-27)26(28)33-16(4)23(24)25(18-7-8-18)30-15(2)3/h9-13,15,18,24H,6-8,28H2,1-5H3. The van der Waals surface area contributed by atoms with Crippen molar-refractivity contribution in [3.8, 4) is 17.5 Å². The Bertz CT molecular complexity index is 1190. The first kappa shape index (κ1) is 22.7. The number of hydrogen-bond acceptors (Lipinski definition) is 6. The van der Waals surface area contributed by atoms with E-state index in [0.29, 0.717) is 29.6 Å². The number of imidazole rings is 1. The first-order chi connectivity index (χ1) is 15.8. The lowest BCUT2D eigenvalue weighted by Gasteiger charge is -2.30. The molecule has 2 heterocycles. The maximum Gasteiger partial charge on any atom is 0.205 e. The molecular formula is C26H31N5O2. The molecule has 172 valence electrons. The molecule has 2 aliphatic rings. The van der Waals surface area contributed by atoms with Crippen molar-refractivity contribution in [2.75, 3.05) is 6.61 Å². The maximum absolute atomic E-state index is 10.1. The van der Waals surface area contributed by atoms with Gasteiger partial charge < -0.3 is 19.8 Å². The first-order valence-electron chi connectivity index (χ1n) is 11.5. The molecule has 1 saturated carbocycles. The molecule has 33 heavy (non-hydrogen) atoms. The minimum Gasteiger partial charge on any atom is -0.493 e. The van der Waals surface area contributed by atoms with E-state index in [1.54, 1.807) is 6.20 Å². The van der Waals surface area contributed by atoms with Crippen molar-refractivity contribution in [1.29, 1.82) is 5.26 Å². The number of aliphatic imine (C=N–C) groups is 1. The van der Waals surface area contributed by atoms with E-state index < -0.39 is 5.92 Å². The Hall–Kier alpha value is -3.53. The molecule has 1 aromatic carbocycles. The van der Waals surface area contributed by atoms with Crippen LogP contribution in [0.4, 0.5) is 0 Å². The van der Waals surface area contributed by atoms with Crippen LogP contribution in [-0.4, -0.2) is 27.9 Å². The van der Waals surface area contributed by atoms with Crippen LogP contribution < -0.4 is 10.5 Å². The molecule has 1 aliphatic carbocycles. The topological polar surface area (TPSA) is 98.5 Å². The summed E-state index contributed by atoms with van der Waals surface area (Å²) in [5.74, 6) is 2.41. The van der Waals surface area contributed by atoms with Gasteiger partial charge in [-0.3, -0.25) is 4.99 Å². The van der Waals surface area contributed by atoms with Crippen LogP contribution >= 0.6 is 0 Å². The Morgan fingerprint density at radius 1 is 1.36 bits per heavy atom. The zero-order valence-electron chi connectivity index (χ0n) is 19.9. The quantitative estimate of drug-likeness (QED) is 0.610. The van der Waals surface area contributed by atoms with Gasteiger partial charge in [-0.05, 0) is 53.5 Å². The third kappa shape index (κ3) is 4.38. The maximum atomic E-state index is 10.1. The molecule has 7 heteroatoms. The summed E-state index contributed by atoms with van der Waals surface area (Å²) in [5.41, 5.74) is 10.4. The summed E-state index contributed by atoms with van der Waals surface area (Å²) in [6.45, 7) is 10.5. The summed E-state index contributed by atoms with van der Waals surface area (Å²) in [7, 11) is 0. The van der Waals surface area contributed by atoms with Gasteiger partial charge in [-0.1, -0.05) is 6.07 Å². The van der Waals surface area contributed by atoms with Gasteiger partial charge in [-0.15, -0.1) is 0 Å².